The van der Waals surface area contributed by atoms with E-state index in [1.807, 2.05) is 25.2 Å². The summed E-state index contributed by atoms with van der Waals surface area (Å²) in [5, 5.41) is 21.4. The molecule has 3 nitrogen and oxygen atoms in total. The zero-order valence-corrected chi connectivity index (χ0v) is 15.6. The van der Waals surface area contributed by atoms with Gasteiger partial charge in [0.2, 0.25) is 0 Å². The van der Waals surface area contributed by atoms with E-state index >= 15 is 0 Å². The Balaban J connectivity index is 1.86. The van der Waals surface area contributed by atoms with E-state index in [0.29, 0.717) is 12.8 Å². The van der Waals surface area contributed by atoms with Gasteiger partial charge in [0.1, 0.15) is 5.60 Å². The van der Waals surface area contributed by atoms with Crippen molar-refractivity contribution in [3.05, 3.63) is 35.5 Å². The maximum absolute atomic E-state index is 13.2. The normalized spacial score (nSPS) is 37.2. The molecule has 5 unspecified atom stereocenters. The number of aliphatic hydroxyl groups excluding tert-OH is 1. The van der Waals surface area contributed by atoms with Crippen LogP contribution in [0.1, 0.15) is 65.2 Å². The summed E-state index contributed by atoms with van der Waals surface area (Å²) in [7, 11) is 0. The lowest BCUT2D eigenvalue weighted by atomic mass is 9.65. The Kier molecular flexibility index (Phi) is 5.65. The van der Waals surface area contributed by atoms with E-state index in [0.717, 1.165) is 30.4 Å². The highest BCUT2D eigenvalue weighted by Crippen LogP contribution is 2.47. The quantitative estimate of drug-likeness (QED) is 0.563. The smallest absolute Gasteiger partial charge is 0.176 e. The molecule has 5 atom stereocenters. The summed E-state index contributed by atoms with van der Waals surface area (Å²) in [6.45, 7) is 4.23. The highest BCUT2D eigenvalue weighted by molar-refractivity contribution is 5.95. The monoisotopic (exact) mass is 344 g/mol. The van der Waals surface area contributed by atoms with Crippen molar-refractivity contribution in [1.29, 1.82) is 0 Å². The first-order valence-corrected chi connectivity index (χ1v) is 9.98. The van der Waals surface area contributed by atoms with E-state index in [9.17, 15) is 15.0 Å². The van der Waals surface area contributed by atoms with Crippen molar-refractivity contribution in [3.63, 3.8) is 0 Å². The van der Waals surface area contributed by atoms with Crippen LogP contribution in [-0.2, 0) is 4.79 Å². The summed E-state index contributed by atoms with van der Waals surface area (Å²) >= 11 is 0. The average molecular weight is 344 g/mol. The Morgan fingerprint density at radius 2 is 2.00 bits per heavy atom. The van der Waals surface area contributed by atoms with E-state index in [-0.39, 0.29) is 29.6 Å². The Hall–Kier alpha value is -1.19. The first-order chi connectivity index (χ1) is 12.0. The molecule has 1 fully saturated rings. The molecule has 0 saturated heterocycles. The third-order valence-electron chi connectivity index (χ3n) is 6.23. The molecular formula is C22H32O3. The Bertz CT molecular complexity index is 600. The van der Waals surface area contributed by atoms with Crippen LogP contribution in [0.2, 0.25) is 0 Å². The van der Waals surface area contributed by atoms with Crippen LogP contribution in [0.15, 0.2) is 35.5 Å². The molecule has 138 valence electrons. The number of hydrogen-bond acceptors (Lipinski definition) is 3. The molecule has 0 aromatic carbocycles. The van der Waals surface area contributed by atoms with E-state index in [2.05, 4.69) is 13.0 Å². The lowest BCUT2D eigenvalue weighted by Crippen LogP contribution is -2.51. The minimum Gasteiger partial charge on any atom is -0.393 e. The number of rotatable bonds is 6. The third-order valence-corrected chi connectivity index (χ3v) is 6.23. The molecule has 0 heterocycles. The van der Waals surface area contributed by atoms with Gasteiger partial charge in [-0.25, -0.2) is 0 Å². The Morgan fingerprint density at radius 3 is 2.76 bits per heavy atom. The highest BCUT2D eigenvalue weighted by atomic mass is 16.3. The molecule has 0 aliphatic heterocycles. The molecule has 0 spiro atoms. The van der Waals surface area contributed by atoms with Crippen molar-refractivity contribution in [2.24, 2.45) is 17.8 Å². The lowest BCUT2D eigenvalue weighted by molar-refractivity contribution is -0.141. The number of fused-ring (bicyclic) bond motifs is 4. The SMILES string of the molecule is CCCCCCCC1C=CC(C)=CC2C(=O)C1(O)C=C1CC(O)CC12. The van der Waals surface area contributed by atoms with Crippen LogP contribution >= 0.6 is 0 Å². The second-order valence-corrected chi connectivity index (χ2v) is 8.21. The molecule has 3 aliphatic carbocycles. The second kappa shape index (κ2) is 7.59. The van der Waals surface area contributed by atoms with Gasteiger partial charge in [-0.15, -0.1) is 0 Å². The molecule has 25 heavy (non-hydrogen) atoms. The van der Waals surface area contributed by atoms with Gasteiger partial charge in [0.25, 0.3) is 0 Å². The number of ketones is 1. The first kappa shape index (κ1) is 18.6. The van der Waals surface area contributed by atoms with Gasteiger partial charge >= 0.3 is 0 Å². The van der Waals surface area contributed by atoms with Crippen LogP contribution in [0.5, 0.6) is 0 Å². The molecule has 0 aromatic rings. The minimum atomic E-state index is -1.40. The molecule has 2 N–H and O–H groups in total. The topological polar surface area (TPSA) is 57.5 Å². The average Bonchev–Trinajstić information content (AvgIpc) is 2.93. The van der Waals surface area contributed by atoms with Gasteiger partial charge in [0, 0.05) is 11.8 Å². The Morgan fingerprint density at radius 1 is 1.24 bits per heavy atom. The van der Waals surface area contributed by atoms with Crippen molar-refractivity contribution < 1.29 is 15.0 Å². The van der Waals surface area contributed by atoms with Crippen LogP contribution in [0.25, 0.3) is 0 Å². The van der Waals surface area contributed by atoms with Gasteiger partial charge in [-0.2, -0.15) is 0 Å². The summed E-state index contributed by atoms with van der Waals surface area (Å²) in [6.07, 6.45) is 15.4. The predicted molar refractivity (Wildman–Crippen MR) is 100 cm³/mol. The summed E-state index contributed by atoms with van der Waals surface area (Å²) in [6, 6.07) is 0. The van der Waals surface area contributed by atoms with Crippen molar-refractivity contribution in [2.45, 2.75) is 76.9 Å². The number of Topliss-reactive ketones (excluding diaryl/α,β-unsaturated/α-hetero) is 1. The molecule has 3 rings (SSSR count). The number of hydrogen-bond donors (Lipinski definition) is 2. The number of carbonyl (C=O) groups excluding carboxylic acids is 1. The first-order valence-electron chi connectivity index (χ1n) is 9.98. The summed E-state index contributed by atoms with van der Waals surface area (Å²) in [4.78, 5) is 13.2. The van der Waals surface area contributed by atoms with E-state index in [4.69, 9.17) is 0 Å². The molecule has 1 saturated carbocycles. The fourth-order valence-electron chi connectivity index (χ4n) is 4.82. The van der Waals surface area contributed by atoms with Crippen molar-refractivity contribution in [1.82, 2.24) is 0 Å². The zero-order valence-electron chi connectivity index (χ0n) is 15.6. The molecule has 3 heteroatoms. The van der Waals surface area contributed by atoms with Crippen LogP contribution in [0, 0.1) is 17.8 Å². The molecule has 0 aromatic heterocycles. The standard InChI is InChI=1S/C22H32O3/c1-3-4-5-6-7-8-17-10-9-15(2)11-20-19-13-18(23)12-16(19)14-22(17,25)21(20)24/h9-11,14,17-20,23,25H,3-8,12-13H2,1-2H3. The summed E-state index contributed by atoms with van der Waals surface area (Å²) < 4.78 is 0. The van der Waals surface area contributed by atoms with E-state index in [1.54, 1.807) is 0 Å². The molecule has 0 radical (unpaired) electrons. The van der Waals surface area contributed by atoms with Crippen molar-refractivity contribution in [3.8, 4) is 0 Å². The van der Waals surface area contributed by atoms with Crippen LogP contribution in [0.3, 0.4) is 0 Å². The van der Waals surface area contributed by atoms with Gasteiger partial charge in [-0.05, 0) is 38.2 Å². The van der Waals surface area contributed by atoms with Crippen LogP contribution < -0.4 is 0 Å². The van der Waals surface area contributed by atoms with Gasteiger partial charge in [-0.3, -0.25) is 4.79 Å². The summed E-state index contributed by atoms with van der Waals surface area (Å²) in [5.74, 6) is -0.472. The molecule has 2 bridgehead atoms. The fourth-order valence-corrected chi connectivity index (χ4v) is 4.82. The number of carbonyl (C=O) groups is 1. The predicted octanol–water partition coefficient (Wildman–Crippen LogP) is 4.11. The largest absolute Gasteiger partial charge is 0.393 e. The van der Waals surface area contributed by atoms with Crippen LogP contribution in [-0.4, -0.2) is 27.7 Å². The number of allylic oxidation sites excluding steroid dienone is 3. The van der Waals surface area contributed by atoms with Gasteiger partial charge in [0.05, 0.1) is 6.10 Å². The van der Waals surface area contributed by atoms with Crippen molar-refractivity contribution in [2.75, 3.05) is 0 Å². The minimum absolute atomic E-state index is 0.0643. The van der Waals surface area contributed by atoms with E-state index in [1.165, 1.54) is 19.3 Å². The zero-order chi connectivity index (χ0) is 18.0. The van der Waals surface area contributed by atoms with Gasteiger partial charge in [0.15, 0.2) is 5.78 Å². The molecular weight excluding hydrogens is 312 g/mol. The van der Waals surface area contributed by atoms with Crippen molar-refractivity contribution >= 4 is 5.78 Å². The van der Waals surface area contributed by atoms with E-state index < -0.39 is 5.60 Å². The van der Waals surface area contributed by atoms with Gasteiger partial charge in [-0.1, -0.05) is 68.4 Å². The molecule has 0 amide bonds. The Labute approximate surface area is 151 Å². The third kappa shape index (κ3) is 3.68. The number of aliphatic hydroxyl groups is 2. The maximum Gasteiger partial charge on any atom is 0.176 e. The summed E-state index contributed by atoms with van der Waals surface area (Å²) in [5.41, 5.74) is 0.757. The highest BCUT2D eigenvalue weighted by Gasteiger charge is 2.52. The van der Waals surface area contributed by atoms with Gasteiger partial charge < -0.3 is 10.2 Å². The maximum atomic E-state index is 13.2. The lowest BCUT2D eigenvalue weighted by Gasteiger charge is -2.40. The molecule has 3 aliphatic rings. The van der Waals surface area contributed by atoms with Crippen LogP contribution in [0.4, 0.5) is 0 Å². The fraction of sp³-hybridized carbons (Fsp3) is 0.682. The number of unbranched alkanes of at least 4 members (excludes halogenated alkanes) is 4. The second-order valence-electron chi connectivity index (χ2n) is 8.21.